The lowest BCUT2D eigenvalue weighted by Crippen LogP contribution is -2.30. The van der Waals surface area contributed by atoms with Crippen LogP contribution in [0.2, 0.25) is 0 Å². The van der Waals surface area contributed by atoms with Crippen molar-refractivity contribution in [2.75, 3.05) is 13.1 Å². The molecule has 1 aromatic carbocycles. The summed E-state index contributed by atoms with van der Waals surface area (Å²) in [7, 11) is 0. The van der Waals surface area contributed by atoms with Crippen LogP contribution in [0.5, 0.6) is 0 Å². The number of hydrogen-bond donors (Lipinski definition) is 1. The molecule has 3 heteroatoms. The summed E-state index contributed by atoms with van der Waals surface area (Å²) in [6.07, 6.45) is 2.69. The standard InChI is InChI=1S/C18H24N2O/c1-18(2)9-8-17(21)20(12-10-18)14-16-6-3-5-15(13-16)7-4-11-19/h3,5-6,13H,8-12,14,19H2,1-2H3. The van der Waals surface area contributed by atoms with Gasteiger partial charge < -0.3 is 10.6 Å². The number of hydrogen-bond acceptors (Lipinski definition) is 2. The fraction of sp³-hybridized carbons (Fsp3) is 0.500. The molecule has 0 atom stereocenters. The van der Waals surface area contributed by atoms with E-state index in [1.54, 1.807) is 0 Å². The maximum atomic E-state index is 12.2. The summed E-state index contributed by atoms with van der Waals surface area (Å²) in [6, 6.07) is 8.06. The van der Waals surface area contributed by atoms with Crippen molar-refractivity contribution in [3.05, 3.63) is 35.4 Å². The van der Waals surface area contributed by atoms with E-state index in [2.05, 4.69) is 31.8 Å². The molecule has 0 aromatic heterocycles. The topological polar surface area (TPSA) is 46.3 Å². The molecule has 1 fully saturated rings. The van der Waals surface area contributed by atoms with Gasteiger partial charge in [0.2, 0.25) is 5.91 Å². The number of amides is 1. The second-order valence-corrected chi connectivity index (χ2v) is 6.44. The molecule has 1 aliphatic rings. The van der Waals surface area contributed by atoms with Gasteiger partial charge in [-0.05, 0) is 36.0 Å². The average molecular weight is 284 g/mol. The lowest BCUT2D eigenvalue weighted by Gasteiger charge is -2.23. The maximum absolute atomic E-state index is 12.2. The average Bonchev–Trinajstić information content (AvgIpc) is 2.59. The van der Waals surface area contributed by atoms with Gasteiger partial charge in [-0.15, -0.1) is 0 Å². The second-order valence-electron chi connectivity index (χ2n) is 6.44. The minimum atomic E-state index is 0.263. The number of nitrogens with zero attached hydrogens (tertiary/aromatic N) is 1. The Bertz CT molecular complexity index is 566. The number of likely N-dealkylation sites (tertiary alicyclic amines) is 1. The highest BCUT2D eigenvalue weighted by atomic mass is 16.2. The van der Waals surface area contributed by atoms with E-state index in [1.807, 2.05) is 23.1 Å². The second kappa shape index (κ2) is 6.78. The molecular weight excluding hydrogens is 260 g/mol. The molecule has 3 nitrogen and oxygen atoms in total. The molecule has 21 heavy (non-hydrogen) atoms. The van der Waals surface area contributed by atoms with Crippen molar-refractivity contribution in [3.63, 3.8) is 0 Å². The Morgan fingerprint density at radius 2 is 2.14 bits per heavy atom. The van der Waals surface area contributed by atoms with Crippen LogP contribution >= 0.6 is 0 Å². The van der Waals surface area contributed by atoms with Gasteiger partial charge >= 0.3 is 0 Å². The number of nitrogens with two attached hydrogens (primary N) is 1. The smallest absolute Gasteiger partial charge is 0.222 e. The Kier molecular flexibility index (Phi) is 5.03. The van der Waals surface area contributed by atoms with Crippen molar-refractivity contribution < 1.29 is 4.79 Å². The summed E-state index contributed by atoms with van der Waals surface area (Å²) >= 11 is 0. The highest BCUT2D eigenvalue weighted by molar-refractivity contribution is 5.76. The summed E-state index contributed by atoms with van der Waals surface area (Å²) in [6.45, 7) is 6.36. The molecule has 0 spiro atoms. The van der Waals surface area contributed by atoms with Gasteiger partial charge in [-0.2, -0.15) is 0 Å². The molecular formula is C18H24N2O. The molecule has 0 radical (unpaired) electrons. The van der Waals surface area contributed by atoms with Crippen LogP contribution in [0, 0.1) is 17.3 Å². The maximum Gasteiger partial charge on any atom is 0.222 e. The number of carbonyl (C=O) groups excluding carboxylic acids is 1. The van der Waals surface area contributed by atoms with E-state index in [9.17, 15) is 4.79 Å². The van der Waals surface area contributed by atoms with Crippen molar-refractivity contribution in [1.82, 2.24) is 4.90 Å². The molecule has 0 saturated carbocycles. The Hall–Kier alpha value is -1.79. The first-order chi connectivity index (χ1) is 10.00. The fourth-order valence-corrected chi connectivity index (χ4v) is 2.58. The molecule has 1 aliphatic heterocycles. The van der Waals surface area contributed by atoms with Crippen LogP contribution in [0.1, 0.15) is 44.2 Å². The van der Waals surface area contributed by atoms with Gasteiger partial charge in [-0.25, -0.2) is 0 Å². The molecule has 1 saturated heterocycles. The van der Waals surface area contributed by atoms with Crippen molar-refractivity contribution in [2.24, 2.45) is 11.1 Å². The highest BCUT2D eigenvalue weighted by Crippen LogP contribution is 2.30. The van der Waals surface area contributed by atoms with Gasteiger partial charge in [0, 0.05) is 25.1 Å². The summed E-state index contributed by atoms with van der Waals surface area (Å²) in [4.78, 5) is 14.2. The van der Waals surface area contributed by atoms with Crippen molar-refractivity contribution in [1.29, 1.82) is 0 Å². The quantitative estimate of drug-likeness (QED) is 0.848. The SMILES string of the molecule is CC1(C)CCC(=O)N(Cc2cccc(C#CCN)c2)CC1. The molecule has 0 unspecified atom stereocenters. The normalized spacial score (nSPS) is 17.9. The predicted octanol–water partition coefficient (Wildman–Crippen LogP) is 2.54. The van der Waals surface area contributed by atoms with E-state index in [0.717, 1.165) is 30.5 Å². The predicted molar refractivity (Wildman–Crippen MR) is 85.4 cm³/mol. The fourth-order valence-electron chi connectivity index (χ4n) is 2.58. The van der Waals surface area contributed by atoms with Crippen molar-refractivity contribution >= 4 is 5.91 Å². The third-order valence-corrected chi connectivity index (χ3v) is 4.06. The van der Waals surface area contributed by atoms with E-state index < -0.39 is 0 Å². The zero-order valence-electron chi connectivity index (χ0n) is 13.0. The number of carbonyl (C=O) groups is 1. The number of benzene rings is 1. The third kappa shape index (κ3) is 4.61. The van der Waals surface area contributed by atoms with Crippen LogP contribution < -0.4 is 5.73 Å². The van der Waals surface area contributed by atoms with Crippen LogP contribution in [0.4, 0.5) is 0 Å². The summed E-state index contributed by atoms with van der Waals surface area (Å²) < 4.78 is 0. The first kappa shape index (κ1) is 15.6. The minimum Gasteiger partial charge on any atom is -0.338 e. The summed E-state index contributed by atoms with van der Waals surface area (Å²) in [5.74, 6) is 6.17. The Balaban J connectivity index is 2.08. The molecule has 0 aliphatic carbocycles. The lowest BCUT2D eigenvalue weighted by atomic mass is 9.85. The molecule has 1 aromatic rings. The van der Waals surface area contributed by atoms with Gasteiger partial charge in [0.1, 0.15) is 0 Å². The van der Waals surface area contributed by atoms with Gasteiger partial charge in [0.05, 0.1) is 6.54 Å². The van der Waals surface area contributed by atoms with Gasteiger partial charge in [-0.1, -0.05) is 37.8 Å². The molecule has 0 bridgehead atoms. The van der Waals surface area contributed by atoms with E-state index in [0.29, 0.717) is 19.5 Å². The molecule has 1 heterocycles. The van der Waals surface area contributed by atoms with Crippen LogP contribution in [-0.2, 0) is 11.3 Å². The number of rotatable bonds is 2. The zero-order chi connectivity index (χ0) is 15.3. The monoisotopic (exact) mass is 284 g/mol. The first-order valence-electron chi connectivity index (χ1n) is 7.56. The van der Waals surface area contributed by atoms with E-state index >= 15 is 0 Å². The minimum absolute atomic E-state index is 0.263. The van der Waals surface area contributed by atoms with E-state index in [4.69, 9.17) is 5.73 Å². The van der Waals surface area contributed by atoms with Crippen molar-refractivity contribution in [2.45, 2.75) is 39.7 Å². The molecule has 112 valence electrons. The Morgan fingerprint density at radius 1 is 1.33 bits per heavy atom. The molecule has 2 rings (SSSR count). The molecule has 1 amide bonds. The van der Waals surface area contributed by atoms with Gasteiger partial charge in [-0.3, -0.25) is 4.79 Å². The lowest BCUT2D eigenvalue weighted by molar-refractivity contribution is -0.131. The molecule has 2 N–H and O–H groups in total. The highest BCUT2D eigenvalue weighted by Gasteiger charge is 2.27. The third-order valence-electron chi connectivity index (χ3n) is 4.06. The Labute approximate surface area is 127 Å². The summed E-state index contributed by atoms with van der Waals surface area (Å²) in [5, 5.41) is 0. The Morgan fingerprint density at radius 3 is 2.90 bits per heavy atom. The van der Waals surface area contributed by atoms with Crippen LogP contribution in [0.3, 0.4) is 0 Å². The summed E-state index contributed by atoms with van der Waals surface area (Å²) in [5.41, 5.74) is 7.75. The van der Waals surface area contributed by atoms with Crippen LogP contribution in [-0.4, -0.2) is 23.9 Å². The first-order valence-corrected chi connectivity index (χ1v) is 7.56. The van der Waals surface area contributed by atoms with Crippen LogP contribution in [0.25, 0.3) is 0 Å². The zero-order valence-corrected chi connectivity index (χ0v) is 13.0. The van der Waals surface area contributed by atoms with E-state index in [-0.39, 0.29) is 11.3 Å². The van der Waals surface area contributed by atoms with E-state index in [1.165, 1.54) is 0 Å². The van der Waals surface area contributed by atoms with Gasteiger partial charge in [0.15, 0.2) is 0 Å². The van der Waals surface area contributed by atoms with Crippen LogP contribution in [0.15, 0.2) is 24.3 Å². The van der Waals surface area contributed by atoms with Gasteiger partial charge in [0.25, 0.3) is 0 Å². The van der Waals surface area contributed by atoms with Crippen molar-refractivity contribution in [3.8, 4) is 11.8 Å². The largest absolute Gasteiger partial charge is 0.338 e.